The highest BCUT2D eigenvalue weighted by Gasteiger charge is 2.41. The monoisotopic (exact) mass is 368 g/mol. The van der Waals surface area contributed by atoms with Gasteiger partial charge in [0.2, 0.25) is 11.8 Å². The second-order valence-electron chi connectivity index (χ2n) is 8.43. The predicted octanol–water partition coefficient (Wildman–Crippen LogP) is 3.06. The lowest BCUT2D eigenvalue weighted by Crippen LogP contribution is -2.64. The van der Waals surface area contributed by atoms with Gasteiger partial charge in [0.15, 0.2) is 0 Å². The van der Waals surface area contributed by atoms with E-state index >= 15 is 0 Å². The smallest absolute Gasteiger partial charge is 0.303 e. The molecule has 1 fully saturated rings. The number of rotatable bonds is 11. The third-order valence-corrected chi connectivity index (χ3v) is 5.17. The Bertz CT molecular complexity index is 490. The van der Waals surface area contributed by atoms with Crippen LogP contribution in [0.25, 0.3) is 0 Å². The van der Waals surface area contributed by atoms with Crippen LogP contribution < -0.4 is 5.32 Å². The average molecular weight is 369 g/mol. The van der Waals surface area contributed by atoms with E-state index in [1.807, 2.05) is 13.8 Å². The van der Waals surface area contributed by atoms with E-state index in [-0.39, 0.29) is 30.6 Å². The van der Waals surface area contributed by atoms with E-state index in [1.165, 1.54) is 12.8 Å². The molecular formula is C20H36N2O4. The van der Waals surface area contributed by atoms with Gasteiger partial charge in [0.05, 0.1) is 0 Å². The van der Waals surface area contributed by atoms with Gasteiger partial charge in [-0.15, -0.1) is 0 Å². The molecule has 0 spiro atoms. The number of piperazine rings is 1. The van der Waals surface area contributed by atoms with Crippen molar-refractivity contribution < 1.29 is 19.5 Å². The Labute approximate surface area is 157 Å². The van der Waals surface area contributed by atoms with Crippen molar-refractivity contribution in [2.24, 2.45) is 17.8 Å². The summed E-state index contributed by atoms with van der Waals surface area (Å²) in [5.41, 5.74) is 0. The number of carboxylic acids is 1. The fourth-order valence-electron chi connectivity index (χ4n) is 3.43. The number of amides is 2. The van der Waals surface area contributed by atoms with Gasteiger partial charge in [-0.3, -0.25) is 14.4 Å². The maximum Gasteiger partial charge on any atom is 0.303 e. The summed E-state index contributed by atoms with van der Waals surface area (Å²) in [5, 5.41) is 11.7. The van der Waals surface area contributed by atoms with E-state index in [4.69, 9.17) is 5.11 Å². The van der Waals surface area contributed by atoms with Crippen LogP contribution in [0, 0.1) is 17.8 Å². The van der Waals surface area contributed by atoms with Gasteiger partial charge in [-0.05, 0) is 30.6 Å². The lowest BCUT2D eigenvalue weighted by atomic mass is 9.93. The lowest BCUT2D eigenvalue weighted by molar-refractivity contribution is -0.152. The summed E-state index contributed by atoms with van der Waals surface area (Å²) in [6.07, 6.45) is 4.37. The largest absolute Gasteiger partial charge is 0.481 e. The Morgan fingerprint density at radius 2 is 1.77 bits per heavy atom. The summed E-state index contributed by atoms with van der Waals surface area (Å²) in [5.74, 6) is -0.0663. The molecule has 0 radical (unpaired) electrons. The van der Waals surface area contributed by atoms with Crippen molar-refractivity contribution in [3.8, 4) is 0 Å². The number of hydrogen-bond donors (Lipinski definition) is 2. The number of nitrogens with zero attached hydrogens (tertiary/aromatic N) is 1. The first-order valence-electron chi connectivity index (χ1n) is 9.96. The number of carbonyl (C=O) groups is 3. The topological polar surface area (TPSA) is 86.7 Å². The Kier molecular flexibility index (Phi) is 9.09. The third-order valence-electron chi connectivity index (χ3n) is 5.17. The summed E-state index contributed by atoms with van der Waals surface area (Å²) >= 11 is 0. The number of aliphatic carboxylic acids is 1. The molecule has 0 aromatic carbocycles. The summed E-state index contributed by atoms with van der Waals surface area (Å²) in [6.45, 7) is 11.0. The normalized spacial score (nSPS) is 22.0. The van der Waals surface area contributed by atoms with E-state index in [1.54, 1.807) is 4.90 Å². The molecule has 2 N–H and O–H groups in total. The summed E-state index contributed by atoms with van der Waals surface area (Å²) in [6, 6.07) is -1.18. The lowest BCUT2D eigenvalue weighted by Gasteiger charge is -2.40. The van der Waals surface area contributed by atoms with Crippen molar-refractivity contribution in [3.63, 3.8) is 0 Å². The van der Waals surface area contributed by atoms with Gasteiger partial charge in [0.1, 0.15) is 12.1 Å². The highest BCUT2D eigenvalue weighted by atomic mass is 16.4. The fraction of sp³-hybridized carbons (Fsp3) is 0.850. The van der Waals surface area contributed by atoms with Crippen LogP contribution in [0.4, 0.5) is 0 Å². The quantitative estimate of drug-likeness (QED) is 0.587. The maximum atomic E-state index is 12.8. The van der Waals surface area contributed by atoms with Crippen molar-refractivity contribution in [1.29, 1.82) is 0 Å². The zero-order valence-electron chi connectivity index (χ0n) is 17.0. The predicted molar refractivity (Wildman–Crippen MR) is 102 cm³/mol. The molecule has 0 unspecified atom stereocenters. The molecule has 1 saturated heterocycles. The van der Waals surface area contributed by atoms with Crippen molar-refractivity contribution >= 4 is 17.8 Å². The second kappa shape index (κ2) is 10.5. The fourth-order valence-corrected chi connectivity index (χ4v) is 3.43. The molecule has 3 atom stereocenters. The standard InChI is InChI=1S/C20H36N2O4/c1-13(2)7-6-8-15(5)11-12-22-16(9-10-17(23)24)19(25)21-18(14(3)4)20(22)26/h13-16,18H,6-12H2,1-5H3,(H,21,25)(H,23,24)/t15-,16-,18+/m1/s1. The molecule has 6 heteroatoms. The minimum atomic E-state index is -0.946. The summed E-state index contributed by atoms with van der Waals surface area (Å²) in [7, 11) is 0. The van der Waals surface area contributed by atoms with Gasteiger partial charge < -0.3 is 15.3 Å². The van der Waals surface area contributed by atoms with Crippen LogP contribution in [0.2, 0.25) is 0 Å². The SMILES string of the molecule is CC(C)CCC[C@@H](C)CCN1C(=O)[C@H](C(C)C)NC(=O)[C@H]1CCC(=O)O. The van der Waals surface area contributed by atoms with E-state index in [0.717, 1.165) is 12.8 Å². The highest BCUT2D eigenvalue weighted by molar-refractivity contribution is 5.97. The average Bonchev–Trinajstić information content (AvgIpc) is 2.53. The Morgan fingerprint density at radius 3 is 2.31 bits per heavy atom. The van der Waals surface area contributed by atoms with Crippen LogP contribution in [0.1, 0.15) is 73.1 Å². The van der Waals surface area contributed by atoms with Gasteiger partial charge in [-0.1, -0.05) is 53.9 Å². The van der Waals surface area contributed by atoms with Crippen LogP contribution in [0.15, 0.2) is 0 Å². The molecule has 1 heterocycles. The van der Waals surface area contributed by atoms with Crippen molar-refractivity contribution in [2.45, 2.75) is 85.2 Å². The van der Waals surface area contributed by atoms with E-state index in [2.05, 4.69) is 26.1 Å². The third kappa shape index (κ3) is 6.96. The van der Waals surface area contributed by atoms with Crippen molar-refractivity contribution in [2.75, 3.05) is 6.54 Å². The molecule has 150 valence electrons. The van der Waals surface area contributed by atoms with Gasteiger partial charge in [-0.2, -0.15) is 0 Å². The second-order valence-corrected chi connectivity index (χ2v) is 8.43. The summed E-state index contributed by atoms with van der Waals surface area (Å²) < 4.78 is 0. The molecule has 2 amide bonds. The number of carbonyl (C=O) groups excluding carboxylic acids is 2. The molecular weight excluding hydrogens is 332 g/mol. The Morgan fingerprint density at radius 1 is 1.12 bits per heavy atom. The molecule has 0 aromatic rings. The first-order chi connectivity index (χ1) is 12.1. The minimum absolute atomic E-state index is 0.0119. The van der Waals surface area contributed by atoms with Crippen molar-refractivity contribution in [1.82, 2.24) is 10.2 Å². The van der Waals surface area contributed by atoms with Gasteiger partial charge >= 0.3 is 5.97 Å². The van der Waals surface area contributed by atoms with E-state index in [9.17, 15) is 14.4 Å². The molecule has 1 aliphatic rings. The van der Waals surface area contributed by atoms with Gasteiger partial charge in [0.25, 0.3) is 0 Å². The number of hydrogen-bond acceptors (Lipinski definition) is 3. The maximum absolute atomic E-state index is 12.8. The van der Waals surface area contributed by atoms with Crippen LogP contribution in [-0.2, 0) is 14.4 Å². The van der Waals surface area contributed by atoms with Crippen LogP contribution >= 0.6 is 0 Å². The van der Waals surface area contributed by atoms with Crippen LogP contribution in [0.5, 0.6) is 0 Å². The number of nitrogens with one attached hydrogen (secondary N) is 1. The molecule has 0 aliphatic carbocycles. The number of carboxylic acid groups (broad SMARTS) is 1. The molecule has 1 rings (SSSR count). The molecule has 0 saturated carbocycles. The van der Waals surface area contributed by atoms with Crippen LogP contribution in [0.3, 0.4) is 0 Å². The zero-order valence-corrected chi connectivity index (χ0v) is 17.0. The molecule has 26 heavy (non-hydrogen) atoms. The molecule has 0 aromatic heterocycles. The highest BCUT2D eigenvalue weighted by Crippen LogP contribution is 2.22. The Balaban J connectivity index is 2.72. The van der Waals surface area contributed by atoms with Crippen LogP contribution in [-0.4, -0.2) is 46.4 Å². The van der Waals surface area contributed by atoms with Gasteiger partial charge in [-0.25, -0.2) is 0 Å². The minimum Gasteiger partial charge on any atom is -0.481 e. The molecule has 0 bridgehead atoms. The zero-order chi connectivity index (χ0) is 19.9. The van der Waals surface area contributed by atoms with Crippen molar-refractivity contribution in [3.05, 3.63) is 0 Å². The van der Waals surface area contributed by atoms with Gasteiger partial charge in [0, 0.05) is 13.0 Å². The molecule has 1 aliphatic heterocycles. The first-order valence-corrected chi connectivity index (χ1v) is 9.96. The summed E-state index contributed by atoms with van der Waals surface area (Å²) in [4.78, 5) is 37.9. The van der Waals surface area contributed by atoms with E-state index in [0.29, 0.717) is 18.4 Å². The van der Waals surface area contributed by atoms with E-state index < -0.39 is 18.1 Å². The molecule has 6 nitrogen and oxygen atoms in total. The Hall–Kier alpha value is -1.59. The first kappa shape index (κ1) is 22.5.